The molecule has 0 aliphatic heterocycles. The first-order valence-corrected chi connectivity index (χ1v) is 9.65. The zero-order valence-electron chi connectivity index (χ0n) is 14.8. The fourth-order valence-corrected chi connectivity index (χ4v) is 3.33. The minimum absolute atomic E-state index is 0.205. The number of hydrogen-bond acceptors (Lipinski definition) is 4. The average Bonchev–Trinajstić information content (AvgIpc) is 3.11. The highest BCUT2D eigenvalue weighted by Gasteiger charge is 2.11. The molecule has 3 aromatic carbocycles. The average molecular weight is 448 g/mol. The minimum Gasteiger partial charge on any atom is -0.482 e. The number of benzene rings is 3. The van der Waals surface area contributed by atoms with Crippen molar-refractivity contribution in [2.45, 2.75) is 0 Å². The van der Waals surface area contributed by atoms with E-state index in [1.807, 2.05) is 12.1 Å². The molecule has 0 spiro atoms. The van der Waals surface area contributed by atoms with Crippen molar-refractivity contribution in [2.75, 3.05) is 11.9 Å². The number of oxazole rings is 1. The standard InChI is InChI=1S/C21H13Cl3N2O3/c22-13-3-1-2-12(8-13)21-26-17-6-5-15(10-19(17)29-21)25-20(27)11-28-18-7-4-14(23)9-16(18)24/h1-10H,11H2,(H,25,27). The summed E-state index contributed by atoms with van der Waals surface area (Å²) in [6.45, 7) is -0.205. The van der Waals surface area contributed by atoms with Gasteiger partial charge in [-0.25, -0.2) is 4.98 Å². The van der Waals surface area contributed by atoms with E-state index in [0.29, 0.717) is 43.5 Å². The lowest BCUT2D eigenvalue weighted by atomic mass is 10.2. The molecule has 0 radical (unpaired) electrons. The Bertz CT molecular complexity index is 1210. The Balaban J connectivity index is 1.46. The highest BCUT2D eigenvalue weighted by Crippen LogP contribution is 2.29. The number of nitrogens with zero attached hydrogens (tertiary/aromatic N) is 1. The summed E-state index contributed by atoms with van der Waals surface area (Å²) in [6.07, 6.45) is 0. The first-order chi connectivity index (χ1) is 14.0. The van der Waals surface area contributed by atoms with Gasteiger partial charge in [0.25, 0.3) is 5.91 Å². The van der Waals surface area contributed by atoms with Crippen molar-refractivity contribution in [2.24, 2.45) is 0 Å². The van der Waals surface area contributed by atoms with Crippen molar-refractivity contribution in [3.05, 3.63) is 75.7 Å². The molecule has 5 nitrogen and oxygen atoms in total. The molecular formula is C21H13Cl3N2O3. The van der Waals surface area contributed by atoms with E-state index in [4.69, 9.17) is 44.0 Å². The van der Waals surface area contributed by atoms with E-state index < -0.39 is 0 Å². The van der Waals surface area contributed by atoms with Gasteiger partial charge in [-0.2, -0.15) is 0 Å². The van der Waals surface area contributed by atoms with Crippen LogP contribution < -0.4 is 10.1 Å². The van der Waals surface area contributed by atoms with Crippen molar-refractivity contribution >= 4 is 57.5 Å². The number of anilines is 1. The molecule has 0 unspecified atom stereocenters. The van der Waals surface area contributed by atoms with Crippen LogP contribution in [-0.2, 0) is 4.79 Å². The molecule has 1 N–H and O–H groups in total. The maximum atomic E-state index is 12.2. The number of amides is 1. The summed E-state index contributed by atoms with van der Waals surface area (Å²) < 4.78 is 11.2. The Kier molecular flexibility index (Phi) is 5.62. The predicted molar refractivity (Wildman–Crippen MR) is 115 cm³/mol. The van der Waals surface area contributed by atoms with Crippen LogP contribution in [0.2, 0.25) is 15.1 Å². The van der Waals surface area contributed by atoms with Crippen molar-refractivity contribution in [3.8, 4) is 17.2 Å². The molecule has 0 bridgehead atoms. The molecule has 8 heteroatoms. The fraction of sp³-hybridized carbons (Fsp3) is 0.0476. The lowest BCUT2D eigenvalue weighted by molar-refractivity contribution is -0.118. The number of rotatable bonds is 5. The second-order valence-corrected chi connectivity index (χ2v) is 7.40. The fourth-order valence-electron chi connectivity index (χ4n) is 2.68. The number of carbonyl (C=O) groups excluding carboxylic acids is 1. The molecule has 1 aromatic heterocycles. The van der Waals surface area contributed by atoms with E-state index in [-0.39, 0.29) is 12.5 Å². The Hall–Kier alpha value is -2.73. The van der Waals surface area contributed by atoms with Crippen LogP contribution in [0.3, 0.4) is 0 Å². The SMILES string of the molecule is O=C(COc1ccc(Cl)cc1Cl)Nc1ccc2nc(-c3cccc(Cl)c3)oc2c1. The Morgan fingerprint density at radius 3 is 2.62 bits per heavy atom. The molecule has 0 saturated carbocycles. The summed E-state index contributed by atoms with van der Waals surface area (Å²) in [7, 11) is 0. The van der Waals surface area contributed by atoms with Crippen molar-refractivity contribution in [1.29, 1.82) is 0 Å². The van der Waals surface area contributed by atoms with E-state index >= 15 is 0 Å². The van der Waals surface area contributed by atoms with Gasteiger partial charge in [-0.3, -0.25) is 4.79 Å². The monoisotopic (exact) mass is 446 g/mol. The van der Waals surface area contributed by atoms with Gasteiger partial charge in [-0.15, -0.1) is 0 Å². The summed E-state index contributed by atoms with van der Waals surface area (Å²) >= 11 is 17.9. The van der Waals surface area contributed by atoms with Crippen LogP contribution in [-0.4, -0.2) is 17.5 Å². The number of ether oxygens (including phenoxy) is 1. The lowest BCUT2D eigenvalue weighted by Gasteiger charge is -2.09. The first kappa shape index (κ1) is 19.6. The third-order valence-corrected chi connectivity index (χ3v) is 4.76. The first-order valence-electron chi connectivity index (χ1n) is 8.52. The van der Waals surface area contributed by atoms with Gasteiger partial charge < -0.3 is 14.5 Å². The summed E-state index contributed by atoms with van der Waals surface area (Å²) in [5.41, 5.74) is 2.54. The summed E-state index contributed by atoms with van der Waals surface area (Å²) in [5.74, 6) is 0.486. The molecule has 146 valence electrons. The van der Waals surface area contributed by atoms with E-state index in [1.54, 1.807) is 48.5 Å². The number of hydrogen-bond donors (Lipinski definition) is 1. The van der Waals surface area contributed by atoms with Crippen LogP contribution in [0.5, 0.6) is 5.75 Å². The third-order valence-electron chi connectivity index (χ3n) is 4.00. The van der Waals surface area contributed by atoms with Crippen LogP contribution in [0.25, 0.3) is 22.6 Å². The van der Waals surface area contributed by atoms with Gasteiger partial charge in [0, 0.05) is 27.4 Å². The van der Waals surface area contributed by atoms with Crippen molar-refractivity contribution in [3.63, 3.8) is 0 Å². The van der Waals surface area contributed by atoms with Crippen molar-refractivity contribution in [1.82, 2.24) is 4.98 Å². The van der Waals surface area contributed by atoms with Crippen LogP contribution in [0.1, 0.15) is 0 Å². The Labute approximate surface area is 181 Å². The topological polar surface area (TPSA) is 64.4 Å². The van der Waals surface area contributed by atoms with Crippen LogP contribution in [0.4, 0.5) is 5.69 Å². The van der Waals surface area contributed by atoms with Gasteiger partial charge in [0.1, 0.15) is 11.3 Å². The number of carbonyl (C=O) groups is 1. The Morgan fingerprint density at radius 2 is 1.83 bits per heavy atom. The Morgan fingerprint density at radius 1 is 1.00 bits per heavy atom. The molecular weight excluding hydrogens is 435 g/mol. The maximum Gasteiger partial charge on any atom is 0.262 e. The van der Waals surface area contributed by atoms with E-state index in [2.05, 4.69) is 10.3 Å². The molecule has 29 heavy (non-hydrogen) atoms. The second-order valence-electron chi connectivity index (χ2n) is 6.12. The number of fused-ring (bicyclic) bond motifs is 1. The smallest absolute Gasteiger partial charge is 0.262 e. The zero-order chi connectivity index (χ0) is 20.4. The molecule has 0 saturated heterocycles. The quantitative estimate of drug-likeness (QED) is 0.381. The van der Waals surface area contributed by atoms with Gasteiger partial charge in [0.05, 0.1) is 5.02 Å². The molecule has 1 heterocycles. The minimum atomic E-state index is -0.343. The number of nitrogens with one attached hydrogen (secondary N) is 1. The largest absolute Gasteiger partial charge is 0.482 e. The normalized spacial score (nSPS) is 10.9. The molecule has 4 aromatic rings. The van der Waals surface area contributed by atoms with Gasteiger partial charge in [-0.05, 0) is 48.5 Å². The van der Waals surface area contributed by atoms with Crippen molar-refractivity contribution < 1.29 is 13.9 Å². The highest BCUT2D eigenvalue weighted by molar-refractivity contribution is 6.35. The maximum absolute atomic E-state index is 12.2. The summed E-state index contributed by atoms with van der Waals surface area (Å²) in [4.78, 5) is 16.6. The third kappa shape index (κ3) is 4.65. The second kappa shape index (κ2) is 8.33. The van der Waals surface area contributed by atoms with Gasteiger partial charge in [0.2, 0.25) is 5.89 Å². The zero-order valence-corrected chi connectivity index (χ0v) is 17.1. The number of aromatic nitrogens is 1. The molecule has 0 aliphatic carbocycles. The van der Waals surface area contributed by atoms with Crippen LogP contribution >= 0.6 is 34.8 Å². The van der Waals surface area contributed by atoms with E-state index in [9.17, 15) is 4.79 Å². The van der Waals surface area contributed by atoms with E-state index in [1.165, 1.54) is 0 Å². The molecule has 0 aliphatic rings. The van der Waals surface area contributed by atoms with Gasteiger partial charge in [0.15, 0.2) is 12.2 Å². The molecule has 0 fully saturated rings. The lowest BCUT2D eigenvalue weighted by Crippen LogP contribution is -2.20. The molecule has 0 atom stereocenters. The summed E-state index contributed by atoms with van der Waals surface area (Å²) in [6, 6.07) is 17.2. The summed E-state index contributed by atoms with van der Waals surface area (Å²) in [5, 5.41) is 4.17. The highest BCUT2D eigenvalue weighted by atomic mass is 35.5. The van der Waals surface area contributed by atoms with Gasteiger partial charge >= 0.3 is 0 Å². The van der Waals surface area contributed by atoms with Crippen LogP contribution in [0, 0.1) is 0 Å². The number of halogens is 3. The van der Waals surface area contributed by atoms with E-state index in [0.717, 1.165) is 5.56 Å². The predicted octanol–water partition coefficient (Wildman–Crippen LogP) is 6.47. The van der Waals surface area contributed by atoms with Gasteiger partial charge in [-0.1, -0.05) is 40.9 Å². The molecule has 4 rings (SSSR count). The molecule has 1 amide bonds. The van der Waals surface area contributed by atoms with Crippen LogP contribution in [0.15, 0.2) is 65.1 Å².